The van der Waals surface area contributed by atoms with Crippen molar-refractivity contribution in [2.24, 2.45) is 0 Å². The van der Waals surface area contributed by atoms with E-state index in [0.29, 0.717) is 18.8 Å². The van der Waals surface area contributed by atoms with Crippen molar-refractivity contribution >= 4 is 11.6 Å². The van der Waals surface area contributed by atoms with Crippen LogP contribution in [0.1, 0.15) is 22.5 Å². The Hall–Kier alpha value is -2.60. The van der Waals surface area contributed by atoms with Crippen LogP contribution in [-0.4, -0.2) is 38.3 Å². The van der Waals surface area contributed by atoms with Crippen LogP contribution >= 0.6 is 0 Å². The van der Waals surface area contributed by atoms with Crippen molar-refractivity contribution in [1.82, 2.24) is 10.3 Å². The molecule has 0 atom stereocenters. The van der Waals surface area contributed by atoms with Gasteiger partial charge >= 0.3 is 0 Å². The minimum atomic E-state index is -0.197. The number of nitrogens with one attached hydrogen (secondary N) is 2. The summed E-state index contributed by atoms with van der Waals surface area (Å²) in [5.41, 5.74) is 2.28. The molecule has 0 aliphatic carbocycles. The molecule has 0 radical (unpaired) electrons. The summed E-state index contributed by atoms with van der Waals surface area (Å²) in [6, 6.07) is 11.1. The lowest BCUT2D eigenvalue weighted by atomic mass is 10.2. The van der Waals surface area contributed by atoms with E-state index in [1.54, 1.807) is 26.5 Å². The van der Waals surface area contributed by atoms with E-state index < -0.39 is 0 Å². The highest BCUT2D eigenvalue weighted by Crippen LogP contribution is 2.11. The number of carbonyl (C=O) groups is 1. The normalized spacial score (nSPS) is 10.2. The molecule has 2 N–H and O–H groups in total. The van der Waals surface area contributed by atoms with Gasteiger partial charge in [0.2, 0.25) is 0 Å². The van der Waals surface area contributed by atoms with Crippen LogP contribution in [0.2, 0.25) is 0 Å². The van der Waals surface area contributed by atoms with Gasteiger partial charge in [0, 0.05) is 26.8 Å². The molecule has 6 nitrogen and oxygen atoms in total. The van der Waals surface area contributed by atoms with Crippen LogP contribution < -0.4 is 15.4 Å². The van der Waals surface area contributed by atoms with Gasteiger partial charge in [0.25, 0.3) is 5.91 Å². The van der Waals surface area contributed by atoms with Gasteiger partial charge in [-0.25, -0.2) is 4.98 Å². The lowest BCUT2D eigenvalue weighted by Gasteiger charge is -2.08. The molecule has 2 rings (SSSR count). The average Bonchev–Trinajstić information content (AvgIpc) is 2.64. The van der Waals surface area contributed by atoms with E-state index in [1.807, 2.05) is 30.3 Å². The maximum absolute atomic E-state index is 12.1. The molecule has 0 fully saturated rings. The Morgan fingerprint density at radius 2 is 1.92 bits per heavy atom. The molecule has 128 valence electrons. The third kappa shape index (κ3) is 5.55. The number of amides is 1. The van der Waals surface area contributed by atoms with Crippen molar-refractivity contribution in [2.45, 2.75) is 13.0 Å². The van der Waals surface area contributed by atoms with Crippen LogP contribution in [0.5, 0.6) is 5.75 Å². The number of hydrogen-bond donors (Lipinski definition) is 2. The van der Waals surface area contributed by atoms with Gasteiger partial charge in [-0.2, -0.15) is 0 Å². The third-order valence-electron chi connectivity index (χ3n) is 3.46. The second kappa shape index (κ2) is 9.52. The number of carbonyl (C=O) groups excluding carboxylic acids is 1. The van der Waals surface area contributed by atoms with Crippen molar-refractivity contribution in [3.63, 3.8) is 0 Å². The number of benzene rings is 1. The molecular formula is C18H23N3O3. The van der Waals surface area contributed by atoms with Crippen LogP contribution in [0, 0.1) is 0 Å². The highest BCUT2D eigenvalue weighted by Gasteiger charge is 2.07. The maximum Gasteiger partial charge on any atom is 0.270 e. The number of ether oxygens (including phenoxy) is 2. The monoisotopic (exact) mass is 329 g/mol. The van der Waals surface area contributed by atoms with E-state index in [1.165, 1.54) is 0 Å². The second-order valence-corrected chi connectivity index (χ2v) is 5.24. The van der Waals surface area contributed by atoms with Crippen molar-refractivity contribution < 1.29 is 14.3 Å². The van der Waals surface area contributed by atoms with Crippen molar-refractivity contribution in [1.29, 1.82) is 0 Å². The Morgan fingerprint density at radius 1 is 1.12 bits per heavy atom. The molecular weight excluding hydrogens is 306 g/mol. The first kappa shape index (κ1) is 17.7. The summed E-state index contributed by atoms with van der Waals surface area (Å²) in [5.74, 6) is 0.595. The van der Waals surface area contributed by atoms with Gasteiger partial charge in [-0.05, 0) is 36.2 Å². The fraction of sp³-hybridized carbons (Fsp3) is 0.333. The van der Waals surface area contributed by atoms with E-state index in [4.69, 9.17) is 9.47 Å². The Morgan fingerprint density at radius 3 is 2.54 bits per heavy atom. The number of anilines is 1. The Kier molecular flexibility index (Phi) is 7.04. The van der Waals surface area contributed by atoms with Crippen LogP contribution in [0.25, 0.3) is 0 Å². The summed E-state index contributed by atoms with van der Waals surface area (Å²) in [7, 11) is 3.31. The van der Waals surface area contributed by atoms with Crippen molar-refractivity contribution in [3.8, 4) is 5.75 Å². The van der Waals surface area contributed by atoms with Crippen molar-refractivity contribution in [3.05, 3.63) is 53.9 Å². The highest BCUT2D eigenvalue weighted by atomic mass is 16.5. The van der Waals surface area contributed by atoms with E-state index in [2.05, 4.69) is 15.6 Å². The zero-order valence-electron chi connectivity index (χ0n) is 14.0. The van der Waals surface area contributed by atoms with E-state index in [9.17, 15) is 4.79 Å². The van der Waals surface area contributed by atoms with Gasteiger partial charge in [-0.3, -0.25) is 4.79 Å². The van der Waals surface area contributed by atoms with E-state index >= 15 is 0 Å². The highest BCUT2D eigenvalue weighted by molar-refractivity contribution is 5.92. The molecule has 0 spiro atoms. The standard InChI is InChI=1S/C18H23N3O3/c1-23-11-3-10-19-15-6-9-17(20-13-15)18(22)21-12-14-4-7-16(24-2)8-5-14/h4-9,13,19H,3,10-12H2,1-2H3,(H,21,22). The van der Waals surface area contributed by atoms with Gasteiger partial charge in [-0.15, -0.1) is 0 Å². The number of pyridine rings is 1. The molecule has 0 aliphatic rings. The molecule has 0 saturated carbocycles. The van der Waals surface area contributed by atoms with Crippen LogP contribution in [0.4, 0.5) is 5.69 Å². The van der Waals surface area contributed by atoms with Crippen molar-refractivity contribution in [2.75, 3.05) is 32.7 Å². The molecule has 0 aliphatic heterocycles. The fourth-order valence-corrected chi connectivity index (χ4v) is 2.10. The number of hydrogen-bond acceptors (Lipinski definition) is 5. The van der Waals surface area contributed by atoms with E-state index in [-0.39, 0.29) is 5.91 Å². The molecule has 0 saturated heterocycles. The van der Waals surface area contributed by atoms with Crippen LogP contribution in [0.15, 0.2) is 42.6 Å². The van der Waals surface area contributed by atoms with Crippen LogP contribution in [0.3, 0.4) is 0 Å². The molecule has 0 bridgehead atoms. The fourth-order valence-electron chi connectivity index (χ4n) is 2.10. The SMILES string of the molecule is COCCCNc1ccc(C(=O)NCc2ccc(OC)cc2)nc1. The molecule has 1 aromatic heterocycles. The van der Waals surface area contributed by atoms with E-state index in [0.717, 1.165) is 30.0 Å². The predicted octanol–water partition coefficient (Wildman–Crippen LogP) is 2.47. The number of rotatable bonds is 9. The average molecular weight is 329 g/mol. The molecule has 24 heavy (non-hydrogen) atoms. The minimum absolute atomic E-state index is 0.197. The first-order chi connectivity index (χ1) is 11.7. The lowest BCUT2D eigenvalue weighted by molar-refractivity contribution is 0.0946. The summed E-state index contributed by atoms with van der Waals surface area (Å²) in [4.78, 5) is 16.3. The quantitative estimate of drug-likeness (QED) is 0.692. The smallest absolute Gasteiger partial charge is 0.270 e. The molecule has 1 aromatic carbocycles. The molecule has 1 heterocycles. The predicted molar refractivity (Wildman–Crippen MR) is 93.4 cm³/mol. The Bertz CT molecular complexity index is 627. The number of methoxy groups -OCH3 is 2. The Labute approximate surface area is 142 Å². The minimum Gasteiger partial charge on any atom is -0.497 e. The summed E-state index contributed by atoms with van der Waals surface area (Å²) in [6.45, 7) is 1.96. The summed E-state index contributed by atoms with van der Waals surface area (Å²) in [6.07, 6.45) is 2.58. The molecule has 6 heteroatoms. The largest absolute Gasteiger partial charge is 0.497 e. The second-order valence-electron chi connectivity index (χ2n) is 5.24. The van der Waals surface area contributed by atoms with Crippen LogP contribution in [-0.2, 0) is 11.3 Å². The van der Waals surface area contributed by atoms with Gasteiger partial charge in [-0.1, -0.05) is 12.1 Å². The lowest BCUT2D eigenvalue weighted by Crippen LogP contribution is -2.23. The zero-order valence-corrected chi connectivity index (χ0v) is 14.0. The molecule has 1 amide bonds. The van der Waals surface area contributed by atoms with Gasteiger partial charge in [0.1, 0.15) is 11.4 Å². The maximum atomic E-state index is 12.1. The molecule has 2 aromatic rings. The van der Waals surface area contributed by atoms with Gasteiger partial charge in [0.05, 0.1) is 19.0 Å². The summed E-state index contributed by atoms with van der Waals surface area (Å²) < 4.78 is 10.1. The first-order valence-electron chi connectivity index (χ1n) is 7.83. The number of aromatic nitrogens is 1. The number of nitrogens with zero attached hydrogens (tertiary/aromatic N) is 1. The van der Waals surface area contributed by atoms with Gasteiger partial charge < -0.3 is 20.1 Å². The topological polar surface area (TPSA) is 72.5 Å². The summed E-state index contributed by atoms with van der Waals surface area (Å²) in [5, 5.41) is 6.08. The third-order valence-corrected chi connectivity index (χ3v) is 3.46. The first-order valence-corrected chi connectivity index (χ1v) is 7.83. The van der Waals surface area contributed by atoms with Gasteiger partial charge in [0.15, 0.2) is 0 Å². The molecule has 0 unspecified atom stereocenters. The summed E-state index contributed by atoms with van der Waals surface area (Å²) >= 11 is 0. The Balaban J connectivity index is 1.81. The zero-order chi connectivity index (χ0) is 17.2.